The zero-order valence-corrected chi connectivity index (χ0v) is 9.69. The van der Waals surface area contributed by atoms with E-state index in [2.05, 4.69) is 10.4 Å². The third kappa shape index (κ3) is 1.89. The van der Waals surface area contributed by atoms with Crippen LogP contribution in [0.15, 0.2) is 24.3 Å². The number of likely N-dealkylation sites (tertiary alicyclic amines) is 1. The van der Waals surface area contributed by atoms with Gasteiger partial charge >= 0.3 is 0 Å². The standard InChI is InChI=1S/C13H16N2O2/c16-13-12(15-8-4-1-5-9-15)10-6-2-3-7-11(10)17-14-13/h2-3,6-7,12H,1,4-5,8-9H2,(H,14,16). The first-order valence-electron chi connectivity index (χ1n) is 6.16. The maximum Gasteiger partial charge on any atom is 0.274 e. The topological polar surface area (TPSA) is 41.6 Å². The molecule has 2 aliphatic heterocycles. The fourth-order valence-corrected chi connectivity index (χ4v) is 2.64. The van der Waals surface area contributed by atoms with Crippen molar-refractivity contribution in [3.63, 3.8) is 0 Å². The van der Waals surface area contributed by atoms with Gasteiger partial charge < -0.3 is 4.84 Å². The number of piperidine rings is 1. The molecule has 0 radical (unpaired) electrons. The van der Waals surface area contributed by atoms with Gasteiger partial charge in [-0.05, 0) is 32.0 Å². The number of benzene rings is 1. The molecule has 4 nitrogen and oxygen atoms in total. The Kier molecular flexibility index (Phi) is 2.73. The largest absolute Gasteiger partial charge is 0.379 e. The first-order valence-corrected chi connectivity index (χ1v) is 6.16. The van der Waals surface area contributed by atoms with E-state index in [0.29, 0.717) is 0 Å². The lowest BCUT2D eigenvalue weighted by molar-refractivity contribution is -0.136. The molecule has 17 heavy (non-hydrogen) atoms. The van der Waals surface area contributed by atoms with Gasteiger partial charge in [-0.3, -0.25) is 9.69 Å². The SMILES string of the molecule is O=C1NOc2ccccc2C1N1CCCCC1. The molecule has 1 atom stereocenters. The summed E-state index contributed by atoms with van der Waals surface area (Å²) in [6, 6.07) is 7.57. The van der Waals surface area contributed by atoms with E-state index in [9.17, 15) is 4.79 Å². The molecular weight excluding hydrogens is 216 g/mol. The second-order valence-electron chi connectivity index (χ2n) is 4.61. The average molecular weight is 232 g/mol. The van der Waals surface area contributed by atoms with E-state index in [0.717, 1.165) is 24.4 Å². The Morgan fingerprint density at radius 1 is 1.18 bits per heavy atom. The maximum atomic E-state index is 12.0. The van der Waals surface area contributed by atoms with E-state index in [1.165, 1.54) is 19.3 Å². The number of amides is 1. The van der Waals surface area contributed by atoms with Crippen LogP contribution in [-0.2, 0) is 4.79 Å². The fourth-order valence-electron chi connectivity index (χ4n) is 2.64. The van der Waals surface area contributed by atoms with Gasteiger partial charge in [0.15, 0.2) is 5.75 Å². The van der Waals surface area contributed by atoms with Crippen molar-refractivity contribution in [1.82, 2.24) is 10.4 Å². The summed E-state index contributed by atoms with van der Waals surface area (Å²) in [7, 11) is 0. The Morgan fingerprint density at radius 2 is 1.94 bits per heavy atom. The van der Waals surface area contributed by atoms with Crippen molar-refractivity contribution in [3.05, 3.63) is 29.8 Å². The molecule has 90 valence electrons. The van der Waals surface area contributed by atoms with Crippen molar-refractivity contribution >= 4 is 5.91 Å². The van der Waals surface area contributed by atoms with Crippen LogP contribution in [0.4, 0.5) is 0 Å². The van der Waals surface area contributed by atoms with Crippen LogP contribution in [0.1, 0.15) is 30.9 Å². The third-order valence-electron chi connectivity index (χ3n) is 3.48. The number of nitrogens with zero attached hydrogens (tertiary/aromatic N) is 1. The van der Waals surface area contributed by atoms with E-state index in [1.54, 1.807) is 0 Å². The van der Waals surface area contributed by atoms with E-state index >= 15 is 0 Å². The quantitative estimate of drug-likeness (QED) is 0.800. The molecule has 0 bridgehead atoms. The average Bonchev–Trinajstić information content (AvgIpc) is 2.39. The summed E-state index contributed by atoms with van der Waals surface area (Å²) >= 11 is 0. The highest BCUT2D eigenvalue weighted by Crippen LogP contribution is 2.33. The molecule has 1 aromatic rings. The van der Waals surface area contributed by atoms with Crippen molar-refractivity contribution < 1.29 is 9.63 Å². The number of nitrogens with one attached hydrogen (secondary N) is 1. The van der Waals surface area contributed by atoms with E-state index in [4.69, 9.17) is 4.84 Å². The highest BCUT2D eigenvalue weighted by Gasteiger charge is 2.34. The summed E-state index contributed by atoms with van der Waals surface area (Å²) in [6.45, 7) is 1.98. The monoisotopic (exact) mass is 232 g/mol. The van der Waals surface area contributed by atoms with E-state index in [-0.39, 0.29) is 11.9 Å². The molecule has 2 heterocycles. The number of carbonyl (C=O) groups excluding carboxylic acids is 1. The molecule has 0 saturated carbocycles. The second kappa shape index (κ2) is 4.37. The summed E-state index contributed by atoms with van der Waals surface area (Å²) in [5, 5.41) is 0. The lowest BCUT2D eigenvalue weighted by Gasteiger charge is -2.36. The van der Waals surface area contributed by atoms with Crippen molar-refractivity contribution in [2.75, 3.05) is 13.1 Å². The Labute approximate surface area is 101 Å². The van der Waals surface area contributed by atoms with Gasteiger partial charge in [0.2, 0.25) is 0 Å². The van der Waals surface area contributed by atoms with Crippen molar-refractivity contribution in [2.24, 2.45) is 0 Å². The van der Waals surface area contributed by atoms with Crippen LogP contribution in [0.3, 0.4) is 0 Å². The summed E-state index contributed by atoms with van der Waals surface area (Å²) < 4.78 is 0. The van der Waals surface area contributed by atoms with Crippen molar-refractivity contribution in [2.45, 2.75) is 25.3 Å². The molecule has 1 aromatic carbocycles. The molecule has 1 unspecified atom stereocenters. The maximum absolute atomic E-state index is 12.0. The first kappa shape index (κ1) is 10.6. The molecule has 2 aliphatic rings. The van der Waals surface area contributed by atoms with Crippen LogP contribution in [0.5, 0.6) is 5.75 Å². The number of hydrogen-bond acceptors (Lipinski definition) is 3. The van der Waals surface area contributed by atoms with Gasteiger partial charge in [0.1, 0.15) is 6.04 Å². The number of hydroxylamine groups is 1. The van der Waals surface area contributed by atoms with Crippen LogP contribution >= 0.6 is 0 Å². The van der Waals surface area contributed by atoms with Crippen LogP contribution in [0.2, 0.25) is 0 Å². The van der Waals surface area contributed by atoms with Crippen LogP contribution in [0, 0.1) is 0 Å². The minimum atomic E-state index is -0.180. The molecular formula is C13H16N2O2. The van der Waals surface area contributed by atoms with Gasteiger partial charge in [-0.1, -0.05) is 24.6 Å². The Morgan fingerprint density at radius 3 is 2.76 bits per heavy atom. The molecule has 1 N–H and O–H groups in total. The third-order valence-corrected chi connectivity index (χ3v) is 3.48. The summed E-state index contributed by atoms with van der Waals surface area (Å²) in [4.78, 5) is 19.5. The summed E-state index contributed by atoms with van der Waals surface area (Å²) in [6.07, 6.45) is 3.61. The van der Waals surface area contributed by atoms with E-state index < -0.39 is 0 Å². The van der Waals surface area contributed by atoms with Crippen molar-refractivity contribution in [1.29, 1.82) is 0 Å². The minimum absolute atomic E-state index is 0.0504. The Balaban J connectivity index is 1.94. The fraction of sp³-hybridized carbons (Fsp3) is 0.462. The number of fused-ring (bicyclic) bond motifs is 1. The highest BCUT2D eigenvalue weighted by atomic mass is 16.7. The molecule has 1 fully saturated rings. The lowest BCUT2D eigenvalue weighted by atomic mass is 9.99. The molecule has 1 amide bonds. The Hall–Kier alpha value is -1.55. The number of rotatable bonds is 1. The van der Waals surface area contributed by atoms with E-state index in [1.807, 2.05) is 24.3 Å². The van der Waals surface area contributed by atoms with Gasteiger partial charge in [-0.2, -0.15) is 5.48 Å². The van der Waals surface area contributed by atoms with Gasteiger partial charge in [0.05, 0.1) is 0 Å². The molecule has 0 aliphatic carbocycles. The van der Waals surface area contributed by atoms with Gasteiger partial charge in [0.25, 0.3) is 5.91 Å². The predicted molar refractivity (Wildman–Crippen MR) is 63.4 cm³/mol. The molecule has 1 saturated heterocycles. The zero-order valence-electron chi connectivity index (χ0n) is 9.69. The normalized spacial score (nSPS) is 24.7. The molecule has 3 rings (SSSR count). The second-order valence-corrected chi connectivity index (χ2v) is 4.61. The number of hydrogen-bond donors (Lipinski definition) is 1. The number of carbonyl (C=O) groups is 1. The first-order chi connectivity index (χ1) is 8.36. The lowest BCUT2D eigenvalue weighted by Crippen LogP contribution is -2.46. The molecule has 0 aromatic heterocycles. The summed E-state index contributed by atoms with van der Waals surface area (Å²) in [5.74, 6) is 0.716. The van der Waals surface area contributed by atoms with Crippen LogP contribution in [0.25, 0.3) is 0 Å². The molecule has 4 heteroatoms. The Bertz CT molecular complexity index is 427. The van der Waals surface area contributed by atoms with Crippen molar-refractivity contribution in [3.8, 4) is 5.75 Å². The van der Waals surface area contributed by atoms with Gasteiger partial charge in [-0.25, -0.2) is 0 Å². The molecule has 0 spiro atoms. The predicted octanol–water partition coefficient (Wildman–Crippen LogP) is 1.64. The zero-order chi connectivity index (χ0) is 11.7. The van der Waals surface area contributed by atoms with Gasteiger partial charge in [-0.15, -0.1) is 0 Å². The smallest absolute Gasteiger partial charge is 0.274 e. The van der Waals surface area contributed by atoms with Gasteiger partial charge in [0, 0.05) is 5.56 Å². The number of para-hydroxylation sites is 1. The van der Waals surface area contributed by atoms with Crippen LogP contribution in [-0.4, -0.2) is 23.9 Å². The van der Waals surface area contributed by atoms with Crippen LogP contribution < -0.4 is 10.3 Å². The summed E-state index contributed by atoms with van der Waals surface area (Å²) in [5.41, 5.74) is 3.49. The highest BCUT2D eigenvalue weighted by molar-refractivity contribution is 5.84. The minimum Gasteiger partial charge on any atom is -0.379 e.